The summed E-state index contributed by atoms with van der Waals surface area (Å²) in [5, 5.41) is 1.92. The molecule has 52 valence electrons. The molecule has 0 aliphatic rings. The molecule has 0 amide bonds. The Bertz CT molecular complexity index is 245. The molecule has 0 aliphatic carbocycles. The Balaban J connectivity index is 2.95. The SMILES string of the molecule is C=CS(=O)c1ccccn1. The molecule has 1 aromatic rings. The first-order valence-corrected chi connectivity index (χ1v) is 4.00. The van der Waals surface area contributed by atoms with Crippen molar-refractivity contribution in [3.05, 3.63) is 36.4 Å². The largest absolute Gasteiger partial charge is 0.248 e. The zero-order chi connectivity index (χ0) is 7.40. The molecule has 1 unspecified atom stereocenters. The van der Waals surface area contributed by atoms with Gasteiger partial charge in [-0.05, 0) is 12.1 Å². The Labute approximate surface area is 62.1 Å². The van der Waals surface area contributed by atoms with E-state index in [-0.39, 0.29) is 0 Å². The minimum Gasteiger partial charge on any atom is -0.248 e. The highest BCUT2D eigenvalue weighted by Crippen LogP contribution is 2.00. The van der Waals surface area contributed by atoms with Crippen molar-refractivity contribution in [1.29, 1.82) is 0 Å². The van der Waals surface area contributed by atoms with Crippen LogP contribution < -0.4 is 0 Å². The minimum absolute atomic E-state index is 0.553. The van der Waals surface area contributed by atoms with Gasteiger partial charge in [-0.1, -0.05) is 12.6 Å². The van der Waals surface area contributed by atoms with Crippen LogP contribution in [0, 0.1) is 0 Å². The Kier molecular flexibility index (Phi) is 2.34. The highest BCUT2D eigenvalue weighted by atomic mass is 32.2. The molecule has 1 rings (SSSR count). The summed E-state index contributed by atoms with van der Waals surface area (Å²) in [4.78, 5) is 3.88. The number of hydrogen-bond acceptors (Lipinski definition) is 2. The quantitative estimate of drug-likeness (QED) is 0.641. The fourth-order valence-electron chi connectivity index (χ4n) is 0.551. The van der Waals surface area contributed by atoms with Gasteiger partial charge in [0.25, 0.3) is 0 Å². The van der Waals surface area contributed by atoms with Crippen molar-refractivity contribution in [2.24, 2.45) is 0 Å². The van der Waals surface area contributed by atoms with E-state index in [0.717, 1.165) is 0 Å². The van der Waals surface area contributed by atoms with E-state index in [1.165, 1.54) is 5.41 Å². The average molecular weight is 153 g/mol. The summed E-state index contributed by atoms with van der Waals surface area (Å²) < 4.78 is 10.9. The summed E-state index contributed by atoms with van der Waals surface area (Å²) in [6.07, 6.45) is 1.61. The smallest absolute Gasteiger partial charge is 0.131 e. The molecule has 1 heterocycles. The van der Waals surface area contributed by atoms with E-state index >= 15 is 0 Å². The molecular formula is C7H7NOS. The lowest BCUT2D eigenvalue weighted by Crippen LogP contribution is -1.87. The number of hydrogen-bond donors (Lipinski definition) is 0. The maximum Gasteiger partial charge on any atom is 0.131 e. The van der Waals surface area contributed by atoms with E-state index in [2.05, 4.69) is 11.6 Å². The third kappa shape index (κ3) is 1.51. The fraction of sp³-hybridized carbons (Fsp3) is 0. The average Bonchev–Trinajstić information content (AvgIpc) is 2.05. The summed E-state index contributed by atoms with van der Waals surface area (Å²) in [5.41, 5.74) is 0. The van der Waals surface area contributed by atoms with Crippen molar-refractivity contribution >= 4 is 10.8 Å². The van der Waals surface area contributed by atoms with E-state index in [1.807, 2.05) is 0 Å². The molecule has 0 spiro atoms. The molecule has 0 saturated carbocycles. The maximum absolute atomic E-state index is 10.9. The van der Waals surface area contributed by atoms with Crippen LogP contribution in [0.5, 0.6) is 0 Å². The first-order valence-electron chi connectivity index (χ1n) is 2.79. The number of nitrogens with zero attached hydrogens (tertiary/aromatic N) is 1. The molecule has 0 aromatic carbocycles. The van der Waals surface area contributed by atoms with Crippen LogP contribution in [0.1, 0.15) is 0 Å². The van der Waals surface area contributed by atoms with Crippen molar-refractivity contribution in [3.8, 4) is 0 Å². The van der Waals surface area contributed by atoms with Crippen molar-refractivity contribution < 1.29 is 4.21 Å². The topological polar surface area (TPSA) is 30.0 Å². The van der Waals surface area contributed by atoms with Crippen LogP contribution in [0.4, 0.5) is 0 Å². The number of pyridine rings is 1. The highest BCUT2D eigenvalue weighted by molar-refractivity contribution is 7.87. The van der Waals surface area contributed by atoms with Gasteiger partial charge in [-0.2, -0.15) is 0 Å². The zero-order valence-corrected chi connectivity index (χ0v) is 6.17. The summed E-state index contributed by atoms with van der Waals surface area (Å²) in [6.45, 7) is 3.40. The predicted octanol–water partition coefficient (Wildman–Crippen LogP) is 1.33. The van der Waals surface area contributed by atoms with E-state index in [9.17, 15) is 4.21 Å². The molecule has 10 heavy (non-hydrogen) atoms. The minimum atomic E-state index is -1.14. The molecule has 2 nitrogen and oxygen atoms in total. The Morgan fingerprint density at radius 2 is 2.40 bits per heavy atom. The third-order valence-electron chi connectivity index (χ3n) is 0.995. The van der Waals surface area contributed by atoms with Crippen molar-refractivity contribution in [1.82, 2.24) is 4.98 Å². The second kappa shape index (κ2) is 3.27. The third-order valence-corrected chi connectivity index (χ3v) is 1.95. The van der Waals surface area contributed by atoms with E-state index in [4.69, 9.17) is 0 Å². The van der Waals surface area contributed by atoms with Crippen LogP contribution in [-0.4, -0.2) is 9.19 Å². The van der Waals surface area contributed by atoms with E-state index < -0.39 is 10.8 Å². The molecule has 0 N–H and O–H groups in total. The molecular weight excluding hydrogens is 146 g/mol. The molecule has 1 atom stereocenters. The normalized spacial score (nSPS) is 12.4. The van der Waals surface area contributed by atoms with Gasteiger partial charge in [-0.3, -0.25) is 0 Å². The van der Waals surface area contributed by atoms with Gasteiger partial charge in [0, 0.05) is 11.6 Å². The summed E-state index contributed by atoms with van der Waals surface area (Å²) in [5.74, 6) is 0. The first kappa shape index (κ1) is 7.15. The van der Waals surface area contributed by atoms with Gasteiger partial charge in [-0.25, -0.2) is 9.19 Å². The highest BCUT2D eigenvalue weighted by Gasteiger charge is 1.95. The molecule has 0 radical (unpaired) electrons. The van der Waals surface area contributed by atoms with Crippen LogP contribution >= 0.6 is 0 Å². The second-order valence-electron chi connectivity index (χ2n) is 1.63. The van der Waals surface area contributed by atoms with Crippen molar-refractivity contribution in [2.75, 3.05) is 0 Å². The fourth-order valence-corrected chi connectivity index (χ4v) is 1.10. The van der Waals surface area contributed by atoms with Gasteiger partial charge >= 0.3 is 0 Å². The standard InChI is InChI=1S/C7H7NOS/c1-2-10(9)7-5-3-4-6-8-7/h2-6H,1H2. The summed E-state index contributed by atoms with van der Waals surface area (Å²) in [6, 6.07) is 5.28. The zero-order valence-electron chi connectivity index (χ0n) is 5.36. The van der Waals surface area contributed by atoms with Gasteiger partial charge < -0.3 is 0 Å². The molecule has 0 saturated heterocycles. The van der Waals surface area contributed by atoms with Gasteiger partial charge in [0.05, 0.1) is 10.8 Å². The van der Waals surface area contributed by atoms with Gasteiger partial charge in [0.2, 0.25) is 0 Å². The van der Waals surface area contributed by atoms with Crippen LogP contribution in [0.15, 0.2) is 41.4 Å². The Morgan fingerprint density at radius 1 is 1.60 bits per heavy atom. The number of aromatic nitrogens is 1. The van der Waals surface area contributed by atoms with Crippen LogP contribution in [0.3, 0.4) is 0 Å². The second-order valence-corrected chi connectivity index (χ2v) is 2.98. The molecule has 0 fully saturated rings. The Morgan fingerprint density at radius 3 is 2.90 bits per heavy atom. The number of rotatable bonds is 2. The van der Waals surface area contributed by atoms with Gasteiger partial charge in [0.1, 0.15) is 5.03 Å². The predicted molar refractivity (Wildman–Crippen MR) is 40.8 cm³/mol. The first-order chi connectivity index (χ1) is 4.84. The lowest BCUT2D eigenvalue weighted by atomic mass is 10.5. The van der Waals surface area contributed by atoms with E-state index in [0.29, 0.717) is 5.03 Å². The molecule has 3 heteroatoms. The van der Waals surface area contributed by atoms with Gasteiger partial charge in [-0.15, -0.1) is 0 Å². The van der Waals surface area contributed by atoms with Crippen molar-refractivity contribution in [2.45, 2.75) is 5.03 Å². The molecule has 0 aliphatic heterocycles. The van der Waals surface area contributed by atoms with Crippen LogP contribution in [-0.2, 0) is 10.8 Å². The van der Waals surface area contributed by atoms with Crippen molar-refractivity contribution in [3.63, 3.8) is 0 Å². The summed E-state index contributed by atoms with van der Waals surface area (Å²) >= 11 is 0. The molecule has 1 aromatic heterocycles. The monoisotopic (exact) mass is 153 g/mol. The maximum atomic E-state index is 10.9. The lowest BCUT2D eigenvalue weighted by Gasteiger charge is -1.90. The lowest BCUT2D eigenvalue weighted by molar-refractivity contribution is 0.686. The molecule has 0 bridgehead atoms. The Hall–Kier alpha value is -0.960. The van der Waals surface area contributed by atoms with Gasteiger partial charge in [0.15, 0.2) is 0 Å². The summed E-state index contributed by atoms with van der Waals surface area (Å²) in [7, 11) is -1.14. The van der Waals surface area contributed by atoms with E-state index in [1.54, 1.807) is 24.4 Å². The van der Waals surface area contributed by atoms with Crippen LogP contribution in [0.2, 0.25) is 0 Å². The van der Waals surface area contributed by atoms with Crippen LogP contribution in [0.25, 0.3) is 0 Å².